The Bertz CT molecular complexity index is 1450. The largest absolute Gasteiger partial charge is 0.494 e. The molecular weight excluding hydrogens is 597 g/mol. The lowest BCUT2D eigenvalue weighted by Gasteiger charge is -2.42. The predicted molar refractivity (Wildman–Crippen MR) is 194 cm³/mol. The van der Waals surface area contributed by atoms with Crippen molar-refractivity contribution >= 4 is 53.8 Å². The van der Waals surface area contributed by atoms with E-state index < -0.39 is 0 Å². The van der Waals surface area contributed by atoms with Crippen molar-refractivity contribution in [2.75, 3.05) is 74.7 Å². The van der Waals surface area contributed by atoms with E-state index in [1.807, 2.05) is 11.8 Å². The highest BCUT2D eigenvalue weighted by molar-refractivity contribution is 7.99. The Labute approximate surface area is 275 Å². The number of aryl methyl sites for hydroxylation is 1. The average Bonchev–Trinajstić information content (AvgIpc) is 3.51. The smallest absolute Gasteiger partial charge is 0.229 e. The summed E-state index contributed by atoms with van der Waals surface area (Å²) in [5.74, 6) is 3.33. The molecule has 3 aromatic rings. The molecule has 6 rings (SSSR count). The third-order valence-corrected chi connectivity index (χ3v) is 13.7. The molecule has 0 saturated carbocycles. The van der Waals surface area contributed by atoms with E-state index in [1.54, 1.807) is 7.11 Å². The number of piperidine rings is 1. The zero-order valence-electron chi connectivity index (χ0n) is 27.8. The predicted octanol–water partition coefficient (Wildman–Crippen LogP) is 6.76. The van der Waals surface area contributed by atoms with Crippen LogP contribution in [0.4, 0.5) is 28.8 Å². The maximum atomic E-state index is 5.91. The van der Waals surface area contributed by atoms with Crippen LogP contribution in [0.3, 0.4) is 0 Å². The summed E-state index contributed by atoms with van der Waals surface area (Å²) in [4.78, 5) is 18.8. The summed E-state index contributed by atoms with van der Waals surface area (Å²) < 4.78 is 5.91. The number of fused-ring (bicyclic) bond motifs is 1. The van der Waals surface area contributed by atoms with E-state index in [0.29, 0.717) is 23.3 Å². The van der Waals surface area contributed by atoms with Crippen molar-refractivity contribution in [3.8, 4) is 5.75 Å². The lowest BCUT2D eigenvalue weighted by molar-refractivity contribution is 0.0982. The first-order valence-corrected chi connectivity index (χ1v) is 19.1. The molecular formula is C35H50N7OPS. The molecule has 2 fully saturated rings. The maximum absolute atomic E-state index is 5.91. The molecule has 3 aliphatic heterocycles. The molecule has 1 aromatic heterocycles. The number of thioether (sulfide) groups is 1. The van der Waals surface area contributed by atoms with E-state index >= 15 is 0 Å². The van der Waals surface area contributed by atoms with Crippen LogP contribution >= 0.6 is 19.7 Å². The van der Waals surface area contributed by atoms with Gasteiger partial charge in [-0.2, -0.15) is 4.98 Å². The van der Waals surface area contributed by atoms with Crippen LogP contribution in [0.15, 0.2) is 47.4 Å². The van der Waals surface area contributed by atoms with Crippen LogP contribution in [0.1, 0.15) is 46.2 Å². The highest BCUT2D eigenvalue weighted by Gasteiger charge is 2.28. The van der Waals surface area contributed by atoms with Crippen LogP contribution in [-0.2, 0) is 6.42 Å². The van der Waals surface area contributed by atoms with Crippen molar-refractivity contribution in [3.05, 3.63) is 48.2 Å². The van der Waals surface area contributed by atoms with E-state index in [4.69, 9.17) is 14.7 Å². The van der Waals surface area contributed by atoms with Gasteiger partial charge >= 0.3 is 0 Å². The van der Waals surface area contributed by atoms with Crippen molar-refractivity contribution in [1.82, 2.24) is 19.8 Å². The number of anilines is 5. The van der Waals surface area contributed by atoms with Gasteiger partial charge in [-0.05, 0) is 54.7 Å². The number of piperazine rings is 1. The Morgan fingerprint density at radius 3 is 2.33 bits per heavy atom. The third-order valence-electron chi connectivity index (χ3n) is 9.38. The van der Waals surface area contributed by atoms with Gasteiger partial charge in [0.2, 0.25) is 5.95 Å². The average molecular weight is 648 g/mol. The number of aromatic nitrogens is 2. The van der Waals surface area contributed by atoms with Crippen molar-refractivity contribution in [2.24, 2.45) is 0 Å². The first-order valence-electron chi connectivity index (χ1n) is 16.6. The van der Waals surface area contributed by atoms with Crippen LogP contribution < -0.4 is 25.6 Å². The van der Waals surface area contributed by atoms with Crippen LogP contribution in [0, 0.1) is 0 Å². The zero-order chi connectivity index (χ0) is 31.5. The molecule has 3 aliphatic rings. The Morgan fingerprint density at radius 1 is 0.889 bits per heavy atom. The molecule has 0 bridgehead atoms. The summed E-state index contributed by atoms with van der Waals surface area (Å²) in [5.41, 5.74) is 5.56. The quantitative estimate of drug-likeness (QED) is 0.232. The second-order valence-corrected chi connectivity index (χ2v) is 17.5. The van der Waals surface area contributed by atoms with Crippen molar-refractivity contribution in [1.29, 1.82) is 0 Å². The van der Waals surface area contributed by atoms with Crippen LogP contribution in [0.25, 0.3) is 0 Å². The normalized spacial score (nSPS) is 18.2. The SMILES string of the molecule is COc1cc(N2CCC(N3CCN(C)CC3)CC2)ccc1Nc1nc2c(c(Nc3ccccc3P(C(C)C)C(C)C)n1)SCC2. The van der Waals surface area contributed by atoms with Gasteiger partial charge < -0.3 is 25.2 Å². The molecule has 242 valence electrons. The maximum Gasteiger partial charge on any atom is 0.229 e. The summed E-state index contributed by atoms with van der Waals surface area (Å²) in [6.45, 7) is 16.3. The van der Waals surface area contributed by atoms with Gasteiger partial charge in [-0.1, -0.05) is 53.8 Å². The molecule has 0 amide bonds. The molecule has 0 unspecified atom stereocenters. The van der Waals surface area contributed by atoms with Crippen LogP contribution in [0.2, 0.25) is 0 Å². The number of likely N-dealkylation sites (N-methyl/N-ethyl adjacent to an activating group) is 1. The monoisotopic (exact) mass is 647 g/mol. The third kappa shape index (κ3) is 7.38. The second kappa shape index (κ2) is 14.5. The number of hydrogen-bond donors (Lipinski definition) is 2. The Kier molecular flexibility index (Phi) is 10.4. The van der Waals surface area contributed by atoms with Crippen LogP contribution in [-0.4, -0.2) is 96.3 Å². The Balaban J connectivity index is 1.19. The molecule has 0 atom stereocenters. The van der Waals surface area contributed by atoms with E-state index in [-0.39, 0.29) is 7.92 Å². The second-order valence-electron chi connectivity index (χ2n) is 13.1. The lowest BCUT2D eigenvalue weighted by atomic mass is 10.0. The molecule has 10 heteroatoms. The fourth-order valence-corrected chi connectivity index (χ4v) is 11.1. The van der Waals surface area contributed by atoms with Gasteiger partial charge in [0, 0.05) is 74.9 Å². The first-order chi connectivity index (χ1) is 21.8. The first kappa shape index (κ1) is 32.4. The molecule has 0 spiro atoms. The molecule has 8 nitrogen and oxygen atoms in total. The minimum Gasteiger partial charge on any atom is -0.494 e. The van der Waals surface area contributed by atoms with Crippen LogP contribution in [0.5, 0.6) is 5.75 Å². The van der Waals surface area contributed by atoms with Crippen molar-refractivity contribution in [3.63, 3.8) is 0 Å². The van der Waals surface area contributed by atoms with Gasteiger partial charge in [0.15, 0.2) is 0 Å². The standard InChI is InChI=1S/C35H50N7OPS/c1-24(2)44(25(3)4)32-10-8-7-9-29(32)36-34-33-30(15-22-45-33)38-35(39-34)37-28-12-11-27(23-31(28)43-6)41-16-13-26(14-17-41)42-20-18-40(5)19-21-42/h7-12,23-26H,13-22H2,1-6H3,(H2,36,37,38,39). The van der Waals surface area contributed by atoms with Gasteiger partial charge in [-0.25, -0.2) is 4.98 Å². The molecule has 0 aliphatic carbocycles. The van der Waals surface area contributed by atoms with E-state index in [2.05, 4.69) is 103 Å². The van der Waals surface area contributed by atoms with Gasteiger partial charge in [0.1, 0.15) is 11.6 Å². The van der Waals surface area contributed by atoms with Gasteiger partial charge in [0.05, 0.1) is 23.4 Å². The summed E-state index contributed by atoms with van der Waals surface area (Å²) >= 11 is 1.84. The minimum atomic E-state index is -0.321. The topological polar surface area (TPSA) is 68.8 Å². The number of rotatable bonds is 10. The minimum absolute atomic E-state index is 0.321. The van der Waals surface area contributed by atoms with E-state index in [9.17, 15) is 0 Å². The van der Waals surface area contributed by atoms with Gasteiger partial charge in [-0.15, -0.1) is 11.8 Å². The highest BCUT2D eigenvalue weighted by Crippen LogP contribution is 2.47. The molecule has 2 N–H and O–H groups in total. The molecule has 0 radical (unpaired) electrons. The summed E-state index contributed by atoms with van der Waals surface area (Å²) in [5, 5.41) is 8.68. The summed E-state index contributed by atoms with van der Waals surface area (Å²) in [7, 11) is 3.66. The number of nitrogens with one attached hydrogen (secondary N) is 2. The van der Waals surface area contributed by atoms with Gasteiger partial charge in [-0.3, -0.25) is 4.90 Å². The van der Waals surface area contributed by atoms with E-state index in [0.717, 1.165) is 58.8 Å². The van der Waals surface area contributed by atoms with Crippen molar-refractivity contribution < 1.29 is 4.74 Å². The van der Waals surface area contributed by atoms with Gasteiger partial charge in [0.25, 0.3) is 0 Å². The lowest BCUT2D eigenvalue weighted by Crippen LogP contribution is -2.52. The Morgan fingerprint density at radius 2 is 1.62 bits per heavy atom. The van der Waals surface area contributed by atoms with E-state index in [1.165, 1.54) is 50.0 Å². The summed E-state index contributed by atoms with van der Waals surface area (Å²) in [6.07, 6.45) is 3.36. The van der Waals surface area contributed by atoms with Crippen molar-refractivity contribution in [2.45, 2.75) is 69.2 Å². The summed E-state index contributed by atoms with van der Waals surface area (Å²) in [6, 6.07) is 16.0. The highest BCUT2D eigenvalue weighted by atomic mass is 32.2. The molecule has 2 aromatic carbocycles. The molecule has 4 heterocycles. The fourth-order valence-electron chi connectivity index (χ4n) is 7.07. The fraction of sp³-hybridized carbons (Fsp3) is 0.543. The number of benzene rings is 2. The number of ether oxygens (including phenoxy) is 1. The number of hydrogen-bond acceptors (Lipinski definition) is 9. The molecule has 2 saturated heterocycles. The Hall–Kier alpha value is -2.58. The number of para-hydroxylation sites is 1. The zero-order valence-corrected chi connectivity index (χ0v) is 29.6. The number of nitrogens with zero attached hydrogens (tertiary/aromatic N) is 5. The molecule has 45 heavy (non-hydrogen) atoms. The number of methoxy groups -OCH3 is 1.